The highest BCUT2D eigenvalue weighted by Crippen LogP contribution is 2.29. The second kappa shape index (κ2) is 9.55. The van der Waals surface area contributed by atoms with Gasteiger partial charge in [0.15, 0.2) is 0 Å². The van der Waals surface area contributed by atoms with Crippen LogP contribution in [0, 0.1) is 18.8 Å². The number of fused-ring (bicyclic) bond motifs is 1. The van der Waals surface area contributed by atoms with Gasteiger partial charge in [-0.25, -0.2) is 4.98 Å². The standard InChI is InChI=1S/C19H29N3O2S2/c1-6-12(4)7-14-13(5)26-19-17(14)18(24)21-15(22-19)9-25-10-16(23)20-8-11(2)3/h11-12H,6-10H2,1-5H3,(H,20,23)(H,21,22,24)/t12-/m0/s1. The monoisotopic (exact) mass is 395 g/mol. The summed E-state index contributed by atoms with van der Waals surface area (Å²) in [6.45, 7) is 11.3. The number of thiophene rings is 1. The number of thioether (sulfide) groups is 1. The molecular weight excluding hydrogens is 366 g/mol. The Kier molecular flexibility index (Phi) is 7.70. The van der Waals surface area contributed by atoms with E-state index in [1.165, 1.54) is 16.6 Å². The first-order valence-corrected chi connectivity index (χ1v) is 11.1. The molecule has 26 heavy (non-hydrogen) atoms. The number of nitrogens with one attached hydrogen (secondary N) is 2. The van der Waals surface area contributed by atoms with Gasteiger partial charge in [0.1, 0.15) is 10.7 Å². The summed E-state index contributed by atoms with van der Waals surface area (Å²) >= 11 is 3.06. The summed E-state index contributed by atoms with van der Waals surface area (Å²) in [5.41, 5.74) is 1.08. The molecule has 5 nitrogen and oxygen atoms in total. The molecule has 2 N–H and O–H groups in total. The molecule has 0 unspecified atom stereocenters. The molecule has 2 rings (SSSR count). The van der Waals surface area contributed by atoms with Crippen molar-refractivity contribution < 1.29 is 4.79 Å². The summed E-state index contributed by atoms with van der Waals surface area (Å²) in [5, 5.41) is 3.64. The van der Waals surface area contributed by atoms with E-state index < -0.39 is 0 Å². The Morgan fingerprint density at radius 2 is 2.08 bits per heavy atom. The summed E-state index contributed by atoms with van der Waals surface area (Å²) in [7, 11) is 0. The Morgan fingerprint density at radius 1 is 1.35 bits per heavy atom. The van der Waals surface area contributed by atoms with E-state index >= 15 is 0 Å². The number of H-pyrrole nitrogens is 1. The molecule has 2 aromatic heterocycles. The van der Waals surface area contributed by atoms with Gasteiger partial charge in [0.25, 0.3) is 5.56 Å². The Morgan fingerprint density at radius 3 is 2.73 bits per heavy atom. The molecule has 0 spiro atoms. The van der Waals surface area contributed by atoms with Crippen LogP contribution < -0.4 is 10.9 Å². The molecule has 1 amide bonds. The second-order valence-corrected chi connectivity index (χ2v) is 9.43. The third-order valence-corrected chi connectivity index (χ3v) is 6.33. The smallest absolute Gasteiger partial charge is 0.259 e. The molecule has 144 valence electrons. The predicted octanol–water partition coefficient (Wildman–Crippen LogP) is 3.89. The highest BCUT2D eigenvalue weighted by atomic mass is 32.2. The lowest BCUT2D eigenvalue weighted by Gasteiger charge is -2.08. The fraction of sp³-hybridized carbons (Fsp3) is 0.632. The van der Waals surface area contributed by atoms with E-state index in [9.17, 15) is 9.59 Å². The van der Waals surface area contributed by atoms with Gasteiger partial charge in [-0.15, -0.1) is 23.1 Å². The van der Waals surface area contributed by atoms with Gasteiger partial charge >= 0.3 is 0 Å². The van der Waals surface area contributed by atoms with Gasteiger partial charge in [0.05, 0.1) is 16.9 Å². The first-order chi connectivity index (χ1) is 12.3. The molecule has 2 aromatic rings. The van der Waals surface area contributed by atoms with E-state index in [2.05, 4.69) is 49.9 Å². The number of aromatic nitrogens is 2. The van der Waals surface area contributed by atoms with Crippen molar-refractivity contribution in [3.8, 4) is 0 Å². The number of aromatic amines is 1. The summed E-state index contributed by atoms with van der Waals surface area (Å²) in [6, 6.07) is 0. The fourth-order valence-corrected chi connectivity index (χ4v) is 4.43. The lowest BCUT2D eigenvalue weighted by molar-refractivity contribution is -0.118. The quantitative estimate of drug-likeness (QED) is 0.675. The average Bonchev–Trinajstić information content (AvgIpc) is 2.88. The van der Waals surface area contributed by atoms with E-state index in [4.69, 9.17) is 0 Å². The van der Waals surface area contributed by atoms with E-state index in [1.54, 1.807) is 11.3 Å². The molecule has 0 radical (unpaired) electrons. The van der Waals surface area contributed by atoms with E-state index in [0.29, 0.717) is 35.7 Å². The molecule has 0 aliphatic rings. The van der Waals surface area contributed by atoms with Crippen LogP contribution in [-0.2, 0) is 17.0 Å². The summed E-state index contributed by atoms with van der Waals surface area (Å²) in [4.78, 5) is 33.9. The zero-order valence-electron chi connectivity index (χ0n) is 16.3. The van der Waals surface area contributed by atoms with E-state index in [1.807, 2.05) is 0 Å². The van der Waals surface area contributed by atoms with Gasteiger partial charge in [0, 0.05) is 11.4 Å². The highest BCUT2D eigenvalue weighted by Gasteiger charge is 2.17. The molecule has 7 heteroatoms. The van der Waals surface area contributed by atoms with Crippen LogP contribution >= 0.6 is 23.1 Å². The number of rotatable bonds is 9. The topological polar surface area (TPSA) is 74.8 Å². The van der Waals surface area contributed by atoms with Crippen LogP contribution in [0.5, 0.6) is 0 Å². The second-order valence-electron chi connectivity index (χ2n) is 7.24. The van der Waals surface area contributed by atoms with Crippen LogP contribution in [0.3, 0.4) is 0 Å². The van der Waals surface area contributed by atoms with Gasteiger partial charge in [0.2, 0.25) is 5.91 Å². The summed E-state index contributed by atoms with van der Waals surface area (Å²) in [6.07, 6.45) is 2.01. The minimum Gasteiger partial charge on any atom is -0.355 e. The molecule has 0 fully saturated rings. The van der Waals surface area contributed by atoms with E-state index in [-0.39, 0.29) is 11.5 Å². The zero-order valence-corrected chi connectivity index (χ0v) is 17.9. The van der Waals surface area contributed by atoms with Crippen molar-refractivity contribution in [1.82, 2.24) is 15.3 Å². The zero-order chi connectivity index (χ0) is 19.3. The van der Waals surface area contributed by atoms with Crippen molar-refractivity contribution in [2.24, 2.45) is 11.8 Å². The maximum Gasteiger partial charge on any atom is 0.259 e. The van der Waals surface area contributed by atoms with Crippen LogP contribution in [0.4, 0.5) is 0 Å². The molecule has 0 saturated carbocycles. The predicted molar refractivity (Wildman–Crippen MR) is 112 cm³/mol. The first-order valence-electron chi connectivity index (χ1n) is 9.17. The molecule has 2 heterocycles. The molecule has 0 aliphatic carbocycles. The molecule has 1 atom stereocenters. The van der Waals surface area contributed by atoms with Crippen molar-refractivity contribution >= 4 is 39.2 Å². The highest BCUT2D eigenvalue weighted by molar-refractivity contribution is 7.99. The Hall–Kier alpha value is -1.34. The third-order valence-electron chi connectivity index (χ3n) is 4.34. The van der Waals surface area contributed by atoms with Crippen molar-refractivity contribution in [3.63, 3.8) is 0 Å². The van der Waals surface area contributed by atoms with Gasteiger partial charge in [-0.1, -0.05) is 34.1 Å². The largest absolute Gasteiger partial charge is 0.355 e. The van der Waals surface area contributed by atoms with Gasteiger partial charge < -0.3 is 10.3 Å². The Labute approximate surface area is 163 Å². The molecule has 0 aliphatic heterocycles. The molecular formula is C19H29N3O2S2. The number of nitrogens with zero attached hydrogens (tertiary/aromatic N) is 1. The number of hydrogen-bond acceptors (Lipinski definition) is 5. The summed E-state index contributed by atoms with van der Waals surface area (Å²) < 4.78 is 0. The van der Waals surface area contributed by atoms with Crippen molar-refractivity contribution in [1.29, 1.82) is 0 Å². The van der Waals surface area contributed by atoms with Crippen LogP contribution in [0.25, 0.3) is 10.2 Å². The molecule has 0 aromatic carbocycles. The van der Waals surface area contributed by atoms with Gasteiger partial charge in [-0.05, 0) is 30.7 Å². The molecule has 0 bridgehead atoms. The summed E-state index contributed by atoms with van der Waals surface area (Å²) in [5.74, 6) is 2.55. The number of carbonyl (C=O) groups is 1. The van der Waals surface area contributed by atoms with Crippen LogP contribution in [0.1, 0.15) is 50.4 Å². The average molecular weight is 396 g/mol. The van der Waals surface area contributed by atoms with Crippen LogP contribution in [0.2, 0.25) is 0 Å². The van der Waals surface area contributed by atoms with Crippen LogP contribution in [0.15, 0.2) is 4.79 Å². The minimum absolute atomic E-state index is 0.0231. The lowest BCUT2D eigenvalue weighted by Crippen LogP contribution is -2.28. The fourth-order valence-electron chi connectivity index (χ4n) is 2.64. The van der Waals surface area contributed by atoms with Gasteiger partial charge in [-0.3, -0.25) is 9.59 Å². The normalized spacial score (nSPS) is 12.7. The number of hydrogen-bond donors (Lipinski definition) is 2. The minimum atomic E-state index is -0.0579. The van der Waals surface area contributed by atoms with Crippen molar-refractivity contribution in [3.05, 3.63) is 26.6 Å². The number of aryl methyl sites for hydroxylation is 1. The van der Waals surface area contributed by atoms with Crippen molar-refractivity contribution in [2.45, 2.75) is 53.2 Å². The maximum absolute atomic E-state index is 12.6. The number of amides is 1. The number of carbonyl (C=O) groups excluding carboxylic acids is 1. The SMILES string of the molecule is CC[C@H](C)Cc1c(C)sc2nc(CSCC(=O)NCC(C)C)[nH]c(=O)c12. The van der Waals surface area contributed by atoms with Crippen molar-refractivity contribution in [2.75, 3.05) is 12.3 Å². The third kappa shape index (κ3) is 5.58. The van der Waals surface area contributed by atoms with Crippen LogP contribution in [-0.4, -0.2) is 28.2 Å². The lowest BCUT2D eigenvalue weighted by atomic mass is 9.98. The maximum atomic E-state index is 12.6. The Balaban J connectivity index is 2.07. The molecule has 0 saturated heterocycles. The van der Waals surface area contributed by atoms with Gasteiger partial charge in [-0.2, -0.15) is 0 Å². The van der Waals surface area contributed by atoms with E-state index in [0.717, 1.165) is 28.6 Å². The Bertz CT molecular complexity index is 811. The first kappa shape index (κ1) is 21.0.